The van der Waals surface area contributed by atoms with E-state index in [0.717, 1.165) is 44.0 Å². The quantitative estimate of drug-likeness (QED) is 0.808. The molecule has 4 heteroatoms. The zero-order valence-corrected chi connectivity index (χ0v) is 9.70. The third kappa shape index (κ3) is 2.71. The Balaban J connectivity index is 1.94. The summed E-state index contributed by atoms with van der Waals surface area (Å²) in [7, 11) is 0. The van der Waals surface area contributed by atoms with Crippen LogP contribution in [0.5, 0.6) is 0 Å². The standard InChI is InChI=1S/C12H19N3O/c1-12(4-7-16-8-5-12)15-9-11-10(13)3-2-6-14-11/h2-3,6,15H,4-5,7-9,13H2,1H3. The fourth-order valence-corrected chi connectivity index (χ4v) is 1.89. The summed E-state index contributed by atoms with van der Waals surface area (Å²) in [6.45, 7) is 4.63. The molecule has 2 rings (SSSR count). The van der Waals surface area contributed by atoms with Gasteiger partial charge in [0.1, 0.15) is 0 Å². The van der Waals surface area contributed by atoms with Crippen LogP contribution in [0.2, 0.25) is 0 Å². The minimum absolute atomic E-state index is 0.155. The molecule has 1 aromatic rings. The van der Waals surface area contributed by atoms with Gasteiger partial charge >= 0.3 is 0 Å². The molecule has 1 fully saturated rings. The lowest BCUT2D eigenvalue weighted by Gasteiger charge is -2.34. The Kier molecular flexibility index (Phi) is 3.41. The summed E-state index contributed by atoms with van der Waals surface area (Å²) < 4.78 is 5.36. The number of nitrogens with zero attached hydrogens (tertiary/aromatic N) is 1. The van der Waals surface area contributed by atoms with Gasteiger partial charge in [0.15, 0.2) is 0 Å². The zero-order valence-electron chi connectivity index (χ0n) is 9.70. The highest BCUT2D eigenvalue weighted by Gasteiger charge is 2.26. The Labute approximate surface area is 96.2 Å². The molecule has 1 saturated heterocycles. The van der Waals surface area contributed by atoms with Gasteiger partial charge in [0, 0.05) is 31.5 Å². The molecule has 3 N–H and O–H groups in total. The minimum Gasteiger partial charge on any atom is -0.397 e. The van der Waals surface area contributed by atoms with Crippen LogP contribution in [-0.2, 0) is 11.3 Å². The largest absolute Gasteiger partial charge is 0.397 e. The van der Waals surface area contributed by atoms with Crippen molar-refractivity contribution < 1.29 is 4.74 Å². The van der Waals surface area contributed by atoms with Crippen LogP contribution < -0.4 is 11.1 Å². The monoisotopic (exact) mass is 221 g/mol. The van der Waals surface area contributed by atoms with Gasteiger partial charge in [0.25, 0.3) is 0 Å². The van der Waals surface area contributed by atoms with Gasteiger partial charge in [-0.1, -0.05) is 0 Å². The third-order valence-corrected chi connectivity index (χ3v) is 3.20. The molecular weight excluding hydrogens is 202 g/mol. The Morgan fingerprint density at radius 3 is 2.94 bits per heavy atom. The minimum atomic E-state index is 0.155. The Morgan fingerprint density at radius 1 is 1.50 bits per heavy atom. The molecule has 0 aliphatic carbocycles. The summed E-state index contributed by atoms with van der Waals surface area (Å²) in [5.41, 5.74) is 7.69. The van der Waals surface area contributed by atoms with Crippen LogP contribution in [0, 0.1) is 0 Å². The Hall–Kier alpha value is -1.13. The topological polar surface area (TPSA) is 60.2 Å². The molecule has 0 saturated carbocycles. The molecule has 0 spiro atoms. The molecule has 2 heterocycles. The van der Waals surface area contributed by atoms with Gasteiger partial charge in [-0.2, -0.15) is 0 Å². The van der Waals surface area contributed by atoms with Crippen molar-refractivity contribution in [2.24, 2.45) is 0 Å². The molecule has 1 aromatic heterocycles. The molecule has 0 aromatic carbocycles. The zero-order chi connectivity index (χ0) is 11.4. The van der Waals surface area contributed by atoms with Crippen LogP contribution in [0.25, 0.3) is 0 Å². The van der Waals surface area contributed by atoms with E-state index in [1.807, 2.05) is 12.1 Å². The first-order valence-corrected chi connectivity index (χ1v) is 5.72. The van der Waals surface area contributed by atoms with Crippen LogP contribution in [0.15, 0.2) is 18.3 Å². The summed E-state index contributed by atoms with van der Waals surface area (Å²) in [6, 6.07) is 3.74. The van der Waals surface area contributed by atoms with Gasteiger partial charge in [-0.05, 0) is 31.9 Å². The van der Waals surface area contributed by atoms with E-state index in [9.17, 15) is 0 Å². The van der Waals surface area contributed by atoms with Crippen molar-refractivity contribution in [1.82, 2.24) is 10.3 Å². The Morgan fingerprint density at radius 2 is 2.25 bits per heavy atom. The first-order chi connectivity index (χ1) is 7.70. The number of ether oxygens (including phenoxy) is 1. The molecular formula is C12H19N3O. The highest BCUT2D eigenvalue weighted by Crippen LogP contribution is 2.20. The van der Waals surface area contributed by atoms with E-state index in [1.54, 1.807) is 6.20 Å². The van der Waals surface area contributed by atoms with E-state index in [4.69, 9.17) is 10.5 Å². The predicted molar refractivity (Wildman–Crippen MR) is 63.9 cm³/mol. The van der Waals surface area contributed by atoms with Crippen LogP contribution in [0.1, 0.15) is 25.5 Å². The fourth-order valence-electron chi connectivity index (χ4n) is 1.89. The van der Waals surface area contributed by atoms with Crippen molar-refractivity contribution in [1.29, 1.82) is 0 Å². The summed E-state index contributed by atoms with van der Waals surface area (Å²) >= 11 is 0. The van der Waals surface area contributed by atoms with Gasteiger partial charge in [-0.3, -0.25) is 4.98 Å². The van der Waals surface area contributed by atoms with Crippen LogP contribution in [0.4, 0.5) is 5.69 Å². The number of hydrogen-bond acceptors (Lipinski definition) is 4. The molecule has 1 aliphatic rings. The van der Waals surface area contributed by atoms with E-state index < -0.39 is 0 Å². The van der Waals surface area contributed by atoms with E-state index in [-0.39, 0.29) is 5.54 Å². The summed E-state index contributed by atoms with van der Waals surface area (Å²) in [4.78, 5) is 4.28. The van der Waals surface area contributed by atoms with E-state index >= 15 is 0 Å². The third-order valence-electron chi connectivity index (χ3n) is 3.20. The van der Waals surface area contributed by atoms with Crippen molar-refractivity contribution >= 4 is 5.69 Å². The maximum Gasteiger partial charge on any atom is 0.0770 e. The molecule has 0 radical (unpaired) electrons. The van der Waals surface area contributed by atoms with Crippen LogP contribution in [0.3, 0.4) is 0 Å². The van der Waals surface area contributed by atoms with Gasteiger partial charge in [0.2, 0.25) is 0 Å². The van der Waals surface area contributed by atoms with Gasteiger partial charge < -0.3 is 15.8 Å². The summed E-state index contributed by atoms with van der Waals surface area (Å²) in [5, 5.41) is 3.53. The van der Waals surface area contributed by atoms with Gasteiger partial charge in [0.05, 0.1) is 11.4 Å². The summed E-state index contributed by atoms with van der Waals surface area (Å²) in [5.74, 6) is 0. The number of hydrogen-bond donors (Lipinski definition) is 2. The van der Waals surface area contributed by atoms with Crippen molar-refractivity contribution in [2.75, 3.05) is 18.9 Å². The number of pyridine rings is 1. The number of anilines is 1. The van der Waals surface area contributed by atoms with E-state index in [2.05, 4.69) is 17.2 Å². The SMILES string of the molecule is CC1(NCc2ncccc2N)CCOCC1. The maximum absolute atomic E-state index is 5.85. The van der Waals surface area contributed by atoms with E-state index in [0.29, 0.717) is 0 Å². The lowest BCUT2D eigenvalue weighted by atomic mass is 9.92. The normalized spacial score (nSPS) is 19.6. The number of rotatable bonds is 3. The second-order valence-electron chi connectivity index (χ2n) is 4.57. The summed E-state index contributed by atoms with van der Waals surface area (Å²) in [6.07, 6.45) is 3.86. The molecule has 1 aliphatic heterocycles. The second-order valence-corrected chi connectivity index (χ2v) is 4.57. The molecule has 88 valence electrons. The predicted octanol–water partition coefficient (Wildman–Crippen LogP) is 1.32. The molecule has 0 bridgehead atoms. The number of aromatic nitrogens is 1. The van der Waals surface area contributed by atoms with Crippen LogP contribution in [-0.4, -0.2) is 23.7 Å². The van der Waals surface area contributed by atoms with Crippen molar-refractivity contribution in [2.45, 2.75) is 31.8 Å². The smallest absolute Gasteiger partial charge is 0.0770 e. The lowest BCUT2D eigenvalue weighted by Crippen LogP contribution is -2.46. The number of nitrogen functional groups attached to an aromatic ring is 1. The highest BCUT2D eigenvalue weighted by atomic mass is 16.5. The van der Waals surface area contributed by atoms with Crippen LogP contribution >= 0.6 is 0 Å². The second kappa shape index (κ2) is 4.80. The first kappa shape index (κ1) is 11.4. The molecule has 0 atom stereocenters. The Bertz CT molecular complexity index is 348. The average Bonchev–Trinajstić information content (AvgIpc) is 2.29. The average molecular weight is 221 g/mol. The number of nitrogens with two attached hydrogens (primary N) is 1. The van der Waals surface area contributed by atoms with Crippen molar-refractivity contribution in [3.05, 3.63) is 24.0 Å². The molecule has 4 nitrogen and oxygen atoms in total. The lowest BCUT2D eigenvalue weighted by molar-refractivity contribution is 0.0445. The van der Waals surface area contributed by atoms with Gasteiger partial charge in [-0.15, -0.1) is 0 Å². The molecule has 0 amide bonds. The number of nitrogens with one attached hydrogen (secondary N) is 1. The molecule has 16 heavy (non-hydrogen) atoms. The first-order valence-electron chi connectivity index (χ1n) is 5.72. The fraction of sp³-hybridized carbons (Fsp3) is 0.583. The van der Waals surface area contributed by atoms with Crippen molar-refractivity contribution in [3.63, 3.8) is 0 Å². The highest BCUT2D eigenvalue weighted by molar-refractivity contribution is 5.41. The van der Waals surface area contributed by atoms with Gasteiger partial charge in [-0.25, -0.2) is 0 Å². The molecule has 0 unspecified atom stereocenters. The van der Waals surface area contributed by atoms with E-state index in [1.165, 1.54) is 0 Å². The van der Waals surface area contributed by atoms with Crippen molar-refractivity contribution in [3.8, 4) is 0 Å². The maximum atomic E-state index is 5.85.